The van der Waals surface area contributed by atoms with E-state index in [1.807, 2.05) is 64.9 Å². The van der Waals surface area contributed by atoms with Crippen LogP contribution < -0.4 is 10.6 Å². The summed E-state index contributed by atoms with van der Waals surface area (Å²) in [7, 11) is 3.44. The Morgan fingerprint density at radius 3 is 2.10 bits per heavy atom. The first kappa shape index (κ1) is 16.6. The van der Waals surface area contributed by atoms with E-state index in [0.717, 1.165) is 11.3 Å². The van der Waals surface area contributed by atoms with Crippen LogP contribution in [-0.4, -0.2) is 32.4 Å². The lowest BCUT2D eigenvalue weighted by atomic mass is 9.75. The van der Waals surface area contributed by atoms with E-state index in [4.69, 9.17) is 26.6 Å². The summed E-state index contributed by atoms with van der Waals surface area (Å²) in [6.07, 6.45) is 0. The second kappa shape index (κ2) is 5.47. The van der Waals surface area contributed by atoms with Gasteiger partial charge < -0.3 is 19.9 Å². The fourth-order valence-corrected chi connectivity index (χ4v) is 2.55. The summed E-state index contributed by atoms with van der Waals surface area (Å²) in [5.41, 5.74) is 7.39. The van der Waals surface area contributed by atoms with Crippen molar-refractivity contribution >= 4 is 24.4 Å². The fourth-order valence-electron chi connectivity index (χ4n) is 2.25. The number of nitrogens with two attached hydrogens (primary N) is 1. The largest absolute Gasteiger partial charge is 0.480 e. The van der Waals surface area contributed by atoms with Crippen molar-refractivity contribution in [1.82, 2.24) is 0 Å². The van der Waals surface area contributed by atoms with Gasteiger partial charge in [-0.3, -0.25) is 0 Å². The molecule has 1 atom stereocenters. The zero-order valence-electron chi connectivity index (χ0n) is 13.6. The van der Waals surface area contributed by atoms with Crippen LogP contribution in [0.15, 0.2) is 18.2 Å². The topological polar surface area (TPSA) is 47.7 Å². The Labute approximate surface area is 132 Å². The Kier molecular flexibility index (Phi) is 4.33. The molecular weight excluding hydrogens is 286 g/mol. The molecule has 1 aromatic carbocycles. The lowest BCUT2D eigenvalue weighted by molar-refractivity contribution is 0.00578. The van der Waals surface area contributed by atoms with Gasteiger partial charge in [0.1, 0.15) is 0 Å². The van der Waals surface area contributed by atoms with Gasteiger partial charge in [0.05, 0.1) is 17.1 Å². The van der Waals surface area contributed by atoms with E-state index in [2.05, 4.69) is 0 Å². The highest BCUT2D eigenvalue weighted by atomic mass is 35.5. The van der Waals surface area contributed by atoms with Crippen LogP contribution in [0, 0.1) is 0 Å². The smallest absolute Gasteiger partial charge is 0.402 e. The number of anilines is 1. The molecule has 0 bridgehead atoms. The van der Waals surface area contributed by atoms with E-state index in [0.29, 0.717) is 5.02 Å². The molecule has 6 heteroatoms. The molecule has 0 aliphatic carbocycles. The number of hydrogen-bond donors (Lipinski definition) is 1. The van der Waals surface area contributed by atoms with E-state index in [1.54, 1.807) is 0 Å². The van der Waals surface area contributed by atoms with Gasteiger partial charge >= 0.3 is 7.12 Å². The van der Waals surface area contributed by atoms with Crippen LogP contribution in [0.1, 0.15) is 39.2 Å². The first-order valence-electron chi connectivity index (χ1n) is 7.13. The summed E-state index contributed by atoms with van der Waals surface area (Å²) in [6, 6.07) is 5.83. The van der Waals surface area contributed by atoms with Gasteiger partial charge in [-0.2, -0.15) is 0 Å². The van der Waals surface area contributed by atoms with Gasteiger partial charge in [0.15, 0.2) is 0 Å². The molecule has 116 valence electrons. The Bertz CT molecular complexity index is 518. The lowest BCUT2D eigenvalue weighted by Gasteiger charge is -2.32. The minimum absolute atomic E-state index is 0.397. The summed E-state index contributed by atoms with van der Waals surface area (Å²) in [6.45, 7) is 8.04. The highest BCUT2D eigenvalue weighted by Gasteiger charge is 2.53. The molecular formula is C15H24BClN2O2. The van der Waals surface area contributed by atoms with Crippen LogP contribution in [0.4, 0.5) is 5.69 Å². The van der Waals surface area contributed by atoms with E-state index in [-0.39, 0.29) is 0 Å². The predicted molar refractivity (Wildman–Crippen MR) is 88.8 cm³/mol. The molecule has 1 saturated heterocycles. The molecule has 0 unspecified atom stereocenters. The summed E-state index contributed by atoms with van der Waals surface area (Å²) >= 11 is 6.37. The third kappa shape index (κ3) is 3.06. The average Bonchev–Trinajstić information content (AvgIpc) is 2.57. The van der Waals surface area contributed by atoms with Crippen molar-refractivity contribution in [3.8, 4) is 0 Å². The zero-order valence-corrected chi connectivity index (χ0v) is 14.4. The van der Waals surface area contributed by atoms with Crippen molar-refractivity contribution in [2.75, 3.05) is 19.0 Å². The molecule has 4 nitrogen and oxygen atoms in total. The van der Waals surface area contributed by atoms with Crippen LogP contribution in [0.25, 0.3) is 0 Å². The number of hydrogen-bond acceptors (Lipinski definition) is 4. The average molecular weight is 311 g/mol. The number of nitrogens with zero attached hydrogens (tertiary/aromatic N) is 1. The van der Waals surface area contributed by atoms with Crippen molar-refractivity contribution in [2.24, 2.45) is 5.73 Å². The molecule has 0 amide bonds. The molecule has 1 fully saturated rings. The van der Waals surface area contributed by atoms with E-state index < -0.39 is 24.3 Å². The van der Waals surface area contributed by atoms with Crippen molar-refractivity contribution in [1.29, 1.82) is 0 Å². The molecule has 1 aromatic rings. The summed E-state index contributed by atoms with van der Waals surface area (Å²) in [5.74, 6) is -0.422. The molecule has 0 aromatic heterocycles. The quantitative estimate of drug-likeness (QED) is 0.872. The normalized spacial score (nSPS) is 21.4. The van der Waals surface area contributed by atoms with Gasteiger partial charge in [0, 0.05) is 24.8 Å². The molecule has 0 saturated carbocycles. The Morgan fingerprint density at radius 1 is 1.14 bits per heavy atom. The van der Waals surface area contributed by atoms with E-state index in [1.165, 1.54) is 0 Å². The molecule has 2 N–H and O–H groups in total. The number of halogens is 1. The number of rotatable bonds is 3. The van der Waals surface area contributed by atoms with Crippen LogP contribution in [0.5, 0.6) is 0 Å². The Balaban J connectivity index is 2.24. The monoisotopic (exact) mass is 310 g/mol. The van der Waals surface area contributed by atoms with Crippen LogP contribution in [0.3, 0.4) is 0 Å². The Morgan fingerprint density at radius 2 is 1.67 bits per heavy atom. The van der Waals surface area contributed by atoms with Crippen LogP contribution in [-0.2, 0) is 9.31 Å². The van der Waals surface area contributed by atoms with E-state index >= 15 is 0 Å². The van der Waals surface area contributed by atoms with Crippen molar-refractivity contribution in [2.45, 2.75) is 44.8 Å². The highest BCUT2D eigenvalue weighted by Crippen LogP contribution is 2.40. The maximum Gasteiger partial charge on any atom is 0.480 e. The Hall–Kier alpha value is -0.745. The van der Waals surface area contributed by atoms with Crippen molar-refractivity contribution in [3.05, 3.63) is 28.8 Å². The maximum absolute atomic E-state index is 6.37. The predicted octanol–water partition coefficient (Wildman–Crippen LogP) is 3.04. The second-order valence-corrected chi connectivity index (χ2v) is 7.16. The van der Waals surface area contributed by atoms with E-state index in [9.17, 15) is 0 Å². The van der Waals surface area contributed by atoms with Crippen LogP contribution in [0.2, 0.25) is 5.02 Å². The van der Waals surface area contributed by atoms with Gasteiger partial charge in [-0.05, 0) is 45.4 Å². The molecule has 1 aliphatic rings. The molecule has 0 spiro atoms. The first-order valence-corrected chi connectivity index (χ1v) is 7.51. The van der Waals surface area contributed by atoms with Crippen LogP contribution >= 0.6 is 11.6 Å². The van der Waals surface area contributed by atoms with Gasteiger partial charge in [-0.25, -0.2) is 0 Å². The molecule has 2 rings (SSSR count). The third-order valence-corrected chi connectivity index (χ3v) is 4.75. The maximum atomic E-state index is 6.37. The summed E-state index contributed by atoms with van der Waals surface area (Å²) in [4.78, 5) is 2.00. The second-order valence-electron chi connectivity index (χ2n) is 6.75. The first-order chi connectivity index (χ1) is 9.55. The zero-order chi connectivity index (χ0) is 16.0. The van der Waals surface area contributed by atoms with Gasteiger partial charge in [-0.15, -0.1) is 0 Å². The summed E-state index contributed by atoms with van der Waals surface area (Å²) in [5, 5.41) is 0.628. The van der Waals surface area contributed by atoms with Gasteiger partial charge in [-0.1, -0.05) is 17.7 Å². The molecule has 0 radical (unpaired) electrons. The molecule has 1 aliphatic heterocycles. The van der Waals surface area contributed by atoms with Gasteiger partial charge in [0.2, 0.25) is 0 Å². The van der Waals surface area contributed by atoms with Crippen molar-refractivity contribution in [3.63, 3.8) is 0 Å². The van der Waals surface area contributed by atoms with Gasteiger partial charge in [0.25, 0.3) is 0 Å². The van der Waals surface area contributed by atoms with Crippen molar-refractivity contribution < 1.29 is 9.31 Å². The minimum Gasteiger partial charge on any atom is -0.402 e. The summed E-state index contributed by atoms with van der Waals surface area (Å²) < 4.78 is 12.0. The lowest BCUT2D eigenvalue weighted by Crippen LogP contribution is -2.41. The third-order valence-electron chi connectivity index (χ3n) is 4.42. The number of benzene rings is 1. The standard InChI is InChI=1S/C15H24BClN2O2/c1-14(2)15(3,4)21-16(20-14)13(18)11-8-7-10(19(5)6)9-12(11)17/h7-9,13H,18H2,1-6H3/t13-/m0/s1. The fraction of sp³-hybridized carbons (Fsp3) is 0.600. The highest BCUT2D eigenvalue weighted by molar-refractivity contribution is 6.48. The minimum atomic E-state index is -0.502. The SMILES string of the molecule is CN(C)c1ccc([C@H](N)B2OC(C)(C)C(C)(C)O2)c(Cl)c1. The molecule has 1 heterocycles. The molecule has 21 heavy (non-hydrogen) atoms.